The number of halogens is 1. The molecule has 19 heavy (non-hydrogen) atoms. The molecule has 0 radical (unpaired) electrons. The maximum atomic E-state index is 12.2. The van der Waals surface area contributed by atoms with E-state index in [1.54, 1.807) is 17.0 Å². The number of amides is 1. The summed E-state index contributed by atoms with van der Waals surface area (Å²) in [7, 11) is 0. The molecule has 1 aromatic rings. The Morgan fingerprint density at radius 3 is 2.47 bits per heavy atom. The quantitative estimate of drug-likeness (QED) is 0.835. The molecule has 0 aliphatic carbocycles. The first-order valence-electron chi connectivity index (χ1n) is 6.52. The van der Waals surface area contributed by atoms with Crippen molar-refractivity contribution >= 4 is 17.5 Å². The normalized spacial score (nSPS) is 22.1. The summed E-state index contributed by atoms with van der Waals surface area (Å²) < 4.78 is 16.2. The second kappa shape index (κ2) is 5.53. The van der Waals surface area contributed by atoms with Crippen molar-refractivity contribution in [3.63, 3.8) is 0 Å². The SMILES string of the molecule is O=C(c1ccc(Cl)o1)N1CCC(C2OCCO2)CC1. The lowest BCUT2D eigenvalue weighted by Gasteiger charge is -2.33. The zero-order valence-electron chi connectivity index (χ0n) is 10.5. The molecule has 2 aliphatic rings. The van der Waals surface area contributed by atoms with E-state index in [-0.39, 0.29) is 17.4 Å². The number of carbonyl (C=O) groups is 1. The third-order valence-electron chi connectivity index (χ3n) is 3.64. The molecule has 5 nitrogen and oxygen atoms in total. The van der Waals surface area contributed by atoms with E-state index in [1.165, 1.54) is 0 Å². The molecule has 0 N–H and O–H groups in total. The van der Waals surface area contributed by atoms with Gasteiger partial charge in [0.25, 0.3) is 5.91 Å². The van der Waals surface area contributed by atoms with Gasteiger partial charge in [-0.2, -0.15) is 0 Å². The molecule has 2 saturated heterocycles. The Bertz CT molecular complexity index is 447. The minimum Gasteiger partial charge on any atom is -0.440 e. The lowest BCUT2D eigenvalue weighted by molar-refractivity contribution is -0.0956. The van der Waals surface area contributed by atoms with Gasteiger partial charge in [0.05, 0.1) is 13.2 Å². The first-order valence-corrected chi connectivity index (χ1v) is 6.89. The number of piperidine rings is 1. The van der Waals surface area contributed by atoms with Crippen LogP contribution < -0.4 is 0 Å². The van der Waals surface area contributed by atoms with Crippen molar-refractivity contribution < 1.29 is 18.7 Å². The van der Waals surface area contributed by atoms with E-state index >= 15 is 0 Å². The minimum absolute atomic E-state index is 0.0877. The molecule has 6 heteroatoms. The number of hydrogen-bond donors (Lipinski definition) is 0. The van der Waals surface area contributed by atoms with Crippen LogP contribution in [-0.4, -0.2) is 43.4 Å². The van der Waals surface area contributed by atoms with Gasteiger partial charge in [-0.05, 0) is 36.6 Å². The van der Waals surface area contributed by atoms with Crippen molar-refractivity contribution in [1.29, 1.82) is 0 Å². The van der Waals surface area contributed by atoms with Gasteiger partial charge in [-0.3, -0.25) is 4.79 Å². The summed E-state index contributed by atoms with van der Waals surface area (Å²) in [4.78, 5) is 13.9. The maximum Gasteiger partial charge on any atom is 0.289 e. The van der Waals surface area contributed by atoms with Crippen molar-refractivity contribution in [2.24, 2.45) is 5.92 Å². The summed E-state index contributed by atoms with van der Waals surface area (Å²) in [5.41, 5.74) is 0. The molecule has 0 atom stereocenters. The fraction of sp³-hybridized carbons (Fsp3) is 0.615. The number of hydrogen-bond acceptors (Lipinski definition) is 4. The smallest absolute Gasteiger partial charge is 0.289 e. The van der Waals surface area contributed by atoms with Gasteiger partial charge in [0.1, 0.15) is 0 Å². The van der Waals surface area contributed by atoms with E-state index < -0.39 is 0 Å². The van der Waals surface area contributed by atoms with Gasteiger partial charge in [-0.25, -0.2) is 0 Å². The highest BCUT2D eigenvalue weighted by atomic mass is 35.5. The van der Waals surface area contributed by atoms with Crippen molar-refractivity contribution in [3.05, 3.63) is 23.1 Å². The zero-order chi connectivity index (χ0) is 13.2. The topological polar surface area (TPSA) is 51.9 Å². The highest BCUT2D eigenvalue weighted by molar-refractivity contribution is 6.29. The van der Waals surface area contributed by atoms with Gasteiger partial charge in [0, 0.05) is 19.0 Å². The molecule has 104 valence electrons. The summed E-state index contributed by atoms with van der Waals surface area (Å²) in [6.07, 6.45) is 1.70. The van der Waals surface area contributed by atoms with Crippen LogP contribution in [0, 0.1) is 5.92 Å². The van der Waals surface area contributed by atoms with Crippen LogP contribution >= 0.6 is 11.6 Å². The standard InChI is InChI=1S/C13H16ClNO4/c14-11-2-1-10(19-11)12(16)15-5-3-9(4-6-15)13-17-7-8-18-13/h1-2,9,13H,3-8H2. The predicted octanol–water partition coefficient (Wildman–Crippen LogP) is 2.16. The summed E-state index contributed by atoms with van der Waals surface area (Å²) in [6.45, 7) is 2.75. The van der Waals surface area contributed by atoms with Crippen LogP contribution in [0.4, 0.5) is 0 Å². The molecule has 0 aromatic carbocycles. The number of nitrogens with zero attached hydrogens (tertiary/aromatic N) is 1. The lowest BCUT2D eigenvalue weighted by atomic mass is 9.96. The van der Waals surface area contributed by atoms with Crippen molar-refractivity contribution in [2.45, 2.75) is 19.1 Å². The van der Waals surface area contributed by atoms with E-state index in [9.17, 15) is 4.79 Å². The Labute approximate surface area is 116 Å². The minimum atomic E-state index is -0.0985. The van der Waals surface area contributed by atoms with Gasteiger partial charge >= 0.3 is 0 Å². The van der Waals surface area contributed by atoms with Gasteiger partial charge < -0.3 is 18.8 Å². The Balaban J connectivity index is 1.56. The molecule has 0 bridgehead atoms. The third-order valence-corrected chi connectivity index (χ3v) is 3.85. The number of likely N-dealkylation sites (tertiary alicyclic amines) is 1. The predicted molar refractivity (Wildman–Crippen MR) is 68.0 cm³/mol. The van der Waals surface area contributed by atoms with Crippen LogP contribution in [0.5, 0.6) is 0 Å². The maximum absolute atomic E-state index is 12.2. The van der Waals surface area contributed by atoms with E-state index in [4.69, 9.17) is 25.5 Å². The first kappa shape index (κ1) is 13.0. The monoisotopic (exact) mass is 285 g/mol. The molecule has 0 saturated carbocycles. The van der Waals surface area contributed by atoms with Gasteiger partial charge in [-0.15, -0.1) is 0 Å². The molecule has 2 fully saturated rings. The first-order chi connectivity index (χ1) is 9.24. The highest BCUT2D eigenvalue weighted by Crippen LogP contribution is 2.27. The lowest BCUT2D eigenvalue weighted by Crippen LogP contribution is -2.41. The Hall–Kier alpha value is -1.04. The molecule has 1 aromatic heterocycles. The average molecular weight is 286 g/mol. The van der Waals surface area contributed by atoms with Crippen LogP contribution in [0.2, 0.25) is 5.22 Å². The number of carbonyl (C=O) groups excluding carboxylic acids is 1. The molecule has 2 aliphatic heterocycles. The fourth-order valence-corrected chi connectivity index (χ4v) is 2.75. The van der Waals surface area contributed by atoms with E-state index in [0.29, 0.717) is 38.0 Å². The van der Waals surface area contributed by atoms with E-state index in [1.807, 2.05) is 0 Å². The molecular weight excluding hydrogens is 270 g/mol. The van der Waals surface area contributed by atoms with Crippen LogP contribution in [0.15, 0.2) is 16.5 Å². The largest absolute Gasteiger partial charge is 0.440 e. The highest BCUT2D eigenvalue weighted by Gasteiger charge is 2.32. The summed E-state index contributed by atoms with van der Waals surface area (Å²) in [5, 5.41) is 0.242. The number of rotatable bonds is 2. The fourth-order valence-electron chi connectivity index (χ4n) is 2.61. The Morgan fingerprint density at radius 2 is 1.89 bits per heavy atom. The summed E-state index contributed by atoms with van der Waals surface area (Å²) in [5.74, 6) is 0.585. The molecule has 1 amide bonds. The van der Waals surface area contributed by atoms with Crippen molar-refractivity contribution in [3.8, 4) is 0 Å². The Morgan fingerprint density at radius 1 is 1.21 bits per heavy atom. The number of ether oxygens (including phenoxy) is 2. The Kier molecular flexibility index (Phi) is 3.77. The third kappa shape index (κ3) is 2.78. The van der Waals surface area contributed by atoms with Gasteiger partial charge in [0.2, 0.25) is 0 Å². The second-order valence-corrected chi connectivity index (χ2v) is 5.22. The molecule has 3 heterocycles. The summed E-state index contributed by atoms with van der Waals surface area (Å²) in [6, 6.07) is 3.20. The van der Waals surface area contributed by atoms with Crippen molar-refractivity contribution in [2.75, 3.05) is 26.3 Å². The number of furan rings is 1. The molecule has 0 unspecified atom stereocenters. The summed E-state index contributed by atoms with van der Waals surface area (Å²) >= 11 is 5.68. The zero-order valence-corrected chi connectivity index (χ0v) is 11.3. The van der Waals surface area contributed by atoms with Crippen LogP contribution in [0.3, 0.4) is 0 Å². The van der Waals surface area contributed by atoms with Gasteiger partial charge in [-0.1, -0.05) is 0 Å². The molecule has 0 spiro atoms. The van der Waals surface area contributed by atoms with Crippen LogP contribution in [0.1, 0.15) is 23.4 Å². The second-order valence-electron chi connectivity index (χ2n) is 4.84. The van der Waals surface area contributed by atoms with Gasteiger partial charge in [0.15, 0.2) is 17.3 Å². The average Bonchev–Trinajstić information content (AvgIpc) is 3.09. The van der Waals surface area contributed by atoms with Crippen LogP contribution in [0.25, 0.3) is 0 Å². The molecule has 3 rings (SSSR count). The van der Waals surface area contributed by atoms with Crippen LogP contribution in [-0.2, 0) is 9.47 Å². The molecular formula is C13H16ClNO4. The van der Waals surface area contributed by atoms with E-state index in [2.05, 4.69) is 0 Å². The van der Waals surface area contributed by atoms with Crippen molar-refractivity contribution in [1.82, 2.24) is 4.90 Å². The van der Waals surface area contributed by atoms with E-state index in [0.717, 1.165) is 12.8 Å².